The van der Waals surface area contributed by atoms with Crippen molar-refractivity contribution < 1.29 is 22.0 Å². The smallest absolute Gasteiger partial charge is 0.152 e. The maximum absolute atomic E-state index is 13.5. The molecule has 1 unspecified atom stereocenters. The molecular weight excluding hydrogens is 277 g/mol. The normalized spacial score (nSPS) is 12.3. The van der Waals surface area contributed by atoms with Crippen LogP contribution in [0.1, 0.15) is 18.5 Å². The lowest BCUT2D eigenvalue weighted by Crippen LogP contribution is -2.13. The SMILES string of the molecule is CC(Nc1c(F)cc(F)cc1F)c1c(F)cccc1F. The van der Waals surface area contributed by atoms with E-state index < -0.39 is 40.8 Å². The Hall–Kier alpha value is -2.11. The summed E-state index contributed by atoms with van der Waals surface area (Å²) < 4.78 is 66.8. The number of rotatable bonds is 3. The molecule has 0 aliphatic rings. The van der Waals surface area contributed by atoms with E-state index in [-0.39, 0.29) is 5.56 Å². The van der Waals surface area contributed by atoms with E-state index in [0.29, 0.717) is 12.1 Å². The van der Waals surface area contributed by atoms with Crippen molar-refractivity contribution in [3.63, 3.8) is 0 Å². The van der Waals surface area contributed by atoms with Crippen molar-refractivity contribution in [2.75, 3.05) is 5.32 Å². The predicted molar refractivity (Wildman–Crippen MR) is 64.7 cm³/mol. The van der Waals surface area contributed by atoms with Gasteiger partial charge in [0.15, 0.2) is 11.6 Å². The van der Waals surface area contributed by atoms with Crippen LogP contribution in [0.3, 0.4) is 0 Å². The third-order valence-corrected chi connectivity index (χ3v) is 2.80. The van der Waals surface area contributed by atoms with Gasteiger partial charge in [0.2, 0.25) is 0 Å². The maximum Gasteiger partial charge on any atom is 0.152 e. The fraction of sp³-hybridized carbons (Fsp3) is 0.143. The number of hydrogen-bond acceptors (Lipinski definition) is 1. The van der Waals surface area contributed by atoms with E-state index in [1.54, 1.807) is 0 Å². The summed E-state index contributed by atoms with van der Waals surface area (Å²) in [5, 5.41) is 2.31. The van der Waals surface area contributed by atoms with E-state index in [0.717, 1.165) is 12.1 Å². The highest BCUT2D eigenvalue weighted by atomic mass is 19.2. The topological polar surface area (TPSA) is 12.0 Å². The van der Waals surface area contributed by atoms with Crippen molar-refractivity contribution in [1.82, 2.24) is 0 Å². The number of hydrogen-bond donors (Lipinski definition) is 1. The lowest BCUT2D eigenvalue weighted by molar-refractivity contribution is 0.531. The molecule has 0 saturated heterocycles. The molecule has 0 fully saturated rings. The first-order valence-electron chi connectivity index (χ1n) is 5.75. The van der Waals surface area contributed by atoms with E-state index in [2.05, 4.69) is 5.32 Å². The van der Waals surface area contributed by atoms with Crippen molar-refractivity contribution in [3.05, 3.63) is 65.0 Å². The monoisotopic (exact) mass is 287 g/mol. The third kappa shape index (κ3) is 2.74. The van der Waals surface area contributed by atoms with Crippen molar-refractivity contribution in [2.45, 2.75) is 13.0 Å². The summed E-state index contributed by atoms with van der Waals surface area (Å²) in [4.78, 5) is 0. The molecule has 0 radical (unpaired) electrons. The van der Waals surface area contributed by atoms with Gasteiger partial charge in [0.05, 0.1) is 6.04 Å². The first-order chi connectivity index (χ1) is 9.40. The second-order valence-electron chi connectivity index (χ2n) is 4.25. The van der Waals surface area contributed by atoms with Crippen LogP contribution < -0.4 is 5.32 Å². The Morgan fingerprint density at radius 2 is 1.35 bits per heavy atom. The van der Waals surface area contributed by atoms with E-state index >= 15 is 0 Å². The molecule has 1 nitrogen and oxygen atoms in total. The van der Waals surface area contributed by atoms with Crippen molar-refractivity contribution in [1.29, 1.82) is 0 Å². The molecule has 0 aromatic heterocycles. The Bertz CT molecular complexity index is 598. The van der Waals surface area contributed by atoms with Crippen LogP contribution in [0.2, 0.25) is 0 Å². The molecule has 0 saturated carbocycles. The Balaban J connectivity index is 2.35. The molecule has 106 valence electrons. The van der Waals surface area contributed by atoms with Crippen molar-refractivity contribution in [2.24, 2.45) is 0 Å². The number of halogens is 5. The van der Waals surface area contributed by atoms with Crippen LogP contribution in [-0.2, 0) is 0 Å². The van der Waals surface area contributed by atoms with E-state index in [1.165, 1.54) is 13.0 Å². The molecule has 2 aromatic carbocycles. The summed E-state index contributed by atoms with van der Waals surface area (Å²) in [5.74, 6) is -5.10. The Labute approximate surface area is 112 Å². The van der Waals surface area contributed by atoms with Gasteiger partial charge < -0.3 is 5.32 Å². The average Bonchev–Trinajstić information content (AvgIpc) is 2.33. The summed E-state index contributed by atoms with van der Waals surface area (Å²) >= 11 is 0. The molecule has 2 aromatic rings. The van der Waals surface area contributed by atoms with Gasteiger partial charge in [-0.2, -0.15) is 0 Å². The Kier molecular flexibility index (Phi) is 3.92. The van der Waals surface area contributed by atoms with E-state index in [1.807, 2.05) is 0 Å². The van der Waals surface area contributed by atoms with Gasteiger partial charge in [-0.3, -0.25) is 0 Å². The number of benzene rings is 2. The van der Waals surface area contributed by atoms with Gasteiger partial charge in [0, 0.05) is 17.7 Å². The van der Waals surface area contributed by atoms with Gasteiger partial charge in [0.25, 0.3) is 0 Å². The zero-order valence-corrected chi connectivity index (χ0v) is 10.4. The van der Waals surface area contributed by atoms with Gasteiger partial charge in [0.1, 0.15) is 23.1 Å². The van der Waals surface area contributed by atoms with Crippen LogP contribution in [0, 0.1) is 29.1 Å². The minimum absolute atomic E-state index is 0.351. The van der Waals surface area contributed by atoms with Crippen molar-refractivity contribution in [3.8, 4) is 0 Å². The Morgan fingerprint density at radius 1 is 0.850 bits per heavy atom. The number of nitrogens with one attached hydrogen (secondary N) is 1. The molecule has 1 atom stereocenters. The summed E-state index contributed by atoms with van der Waals surface area (Å²) in [6, 6.07) is 3.18. The molecule has 0 spiro atoms. The first-order valence-corrected chi connectivity index (χ1v) is 5.75. The highest BCUT2D eigenvalue weighted by Gasteiger charge is 2.19. The van der Waals surface area contributed by atoms with Gasteiger partial charge in [-0.1, -0.05) is 6.07 Å². The van der Waals surface area contributed by atoms with Crippen LogP contribution in [0.4, 0.5) is 27.6 Å². The molecule has 0 aliphatic carbocycles. The quantitative estimate of drug-likeness (QED) is 0.816. The zero-order valence-electron chi connectivity index (χ0n) is 10.4. The second-order valence-corrected chi connectivity index (χ2v) is 4.25. The highest BCUT2D eigenvalue weighted by Crippen LogP contribution is 2.27. The second kappa shape index (κ2) is 5.48. The Morgan fingerprint density at radius 3 is 1.85 bits per heavy atom. The van der Waals surface area contributed by atoms with E-state index in [4.69, 9.17) is 0 Å². The largest absolute Gasteiger partial charge is 0.374 e. The van der Waals surface area contributed by atoms with E-state index in [9.17, 15) is 22.0 Å². The molecule has 2 rings (SSSR count). The van der Waals surface area contributed by atoms with Crippen LogP contribution in [0.15, 0.2) is 30.3 Å². The molecule has 0 bridgehead atoms. The summed E-state index contributed by atoms with van der Waals surface area (Å²) in [6.07, 6.45) is 0. The maximum atomic E-state index is 13.5. The lowest BCUT2D eigenvalue weighted by Gasteiger charge is -2.18. The molecule has 0 amide bonds. The van der Waals surface area contributed by atoms with Crippen LogP contribution in [0.5, 0.6) is 0 Å². The van der Waals surface area contributed by atoms with Gasteiger partial charge in [-0.15, -0.1) is 0 Å². The minimum Gasteiger partial charge on any atom is -0.374 e. The standard InChI is InChI=1S/C14H10F5N/c1-7(13-9(16)3-2-4-10(13)17)20-14-11(18)5-8(15)6-12(14)19/h2-7,20H,1H3. The predicted octanol–water partition coefficient (Wildman–Crippen LogP) is 4.56. The summed E-state index contributed by atoms with van der Waals surface area (Å²) in [5.41, 5.74) is -0.989. The molecule has 6 heteroatoms. The number of anilines is 1. The lowest BCUT2D eigenvalue weighted by atomic mass is 10.1. The van der Waals surface area contributed by atoms with Gasteiger partial charge in [-0.05, 0) is 19.1 Å². The molecule has 0 heterocycles. The zero-order chi connectivity index (χ0) is 14.9. The van der Waals surface area contributed by atoms with Crippen molar-refractivity contribution >= 4 is 5.69 Å². The summed E-state index contributed by atoms with van der Waals surface area (Å²) in [6.45, 7) is 1.34. The first kappa shape index (κ1) is 14.3. The van der Waals surface area contributed by atoms with Crippen LogP contribution >= 0.6 is 0 Å². The highest BCUT2D eigenvalue weighted by molar-refractivity contribution is 5.48. The molecular formula is C14H10F5N. The fourth-order valence-electron chi connectivity index (χ4n) is 1.89. The van der Waals surface area contributed by atoms with Gasteiger partial charge in [-0.25, -0.2) is 22.0 Å². The average molecular weight is 287 g/mol. The molecule has 1 N–H and O–H groups in total. The van der Waals surface area contributed by atoms with Gasteiger partial charge >= 0.3 is 0 Å². The summed E-state index contributed by atoms with van der Waals surface area (Å²) in [7, 11) is 0. The minimum atomic E-state index is -1.17. The third-order valence-electron chi connectivity index (χ3n) is 2.80. The van der Waals surface area contributed by atoms with Crippen LogP contribution in [0.25, 0.3) is 0 Å². The molecule has 0 aliphatic heterocycles. The molecule has 20 heavy (non-hydrogen) atoms. The fourth-order valence-corrected chi connectivity index (χ4v) is 1.89. The van der Waals surface area contributed by atoms with Crippen LogP contribution in [-0.4, -0.2) is 0 Å².